The van der Waals surface area contributed by atoms with Gasteiger partial charge in [-0.15, -0.1) is 0 Å². The number of hydrogen-bond acceptors (Lipinski definition) is 3. The molecule has 0 saturated carbocycles. The van der Waals surface area contributed by atoms with Crippen molar-refractivity contribution in [2.24, 2.45) is 0 Å². The summed E-state index contributed by atoms with van der Waals surface area (Å²) in [6.07, 6.45) is 0. The Labute approximate surface area is 129 Å². The fourth-order valence-electron chi connectivity index (χ4n) is 2.11. The normalized spacial score (nSPS) is 17.0. The van der Waals surface area contributed by atoms with Gasteiger partial charge in [-0.05, 0) is 11.1 Å². The Hall–Kier alpha value is -1.54. The maximum absolute atomic E-state index is 12.8. The highest BCUT2D eigenvalue weighted by Crippen LogP contribution is 2.61. The second-order valence-corrected chi connectivity index (χ2v) is 7.90. The predicted octanol–water partition coefficient (Wildman–Crippen LogP) is 5.65. The largest absolute Gasteiger partial charge is 0.326 e. The van der Waals surface area contributed by atoms with E-state index in [-0.39, 0.29) is 0 Å². The first kappa shape index (κ1) is 14.4. The number of hydrogen-bond donors (Lipinski definition) is 0. The number of rotatable bonds is 3. The summed E-state index contributed by atoms with van der Waals surface area (Å²) >= 11 is 1.63. The topological polar surface area (TPSA) is 26.3 Å². The van der Waals surface area contributed by atoms with Gasteiger partial charge in [0, 0.05) is 28.6 Å². The summed E-state index contributed by atoms with van der Waals surface area (Å²) in [6, 6.07) is 20.0. The van der Waals surface area contributed by atoms with Crippen molar-refractivity contribution in [3.63, 3.8) is 0 Å². The van der Waals surface area contributed by atoms with Crippen molar-refractivity contribution >= 4 is 28.9 Å². The summed E-state index contributed by atoms with van der Waals surface area (Å²) in [5.74, 6) is 3.50. The van der Waals surface area contributed by atoms with Gasteiger partial charge in [0.15, 0.2) is 0 Å². The Morgan fingerprint density at radius 2 is 1.24 bits per heavy atom. The lowest BCUT2D eigenvalue weighted by Crippen LogP contribution is -1.91. The Bertz CT molecular complexity index is 676. The zero-order chi connectivity index (χ0) is 14.7. The van der Waals surface area contributed by atoms with E-state index < -0.39 is 7.37 Å². The molecule has 4 heteroatoms. The summed E-state index contributed by atoms with van der Waals surface area (Å²) in [4.78, 5) is 1.95. The molecule has 2 aromatic carbocycles. The SMILES string of the molecule is COP1(=O)C=C(c2ccccc2)SC(c2ccccc2)=C1. The molecule has 0 spiro atoms. The maximum atomic E-state index is 12.8. The summed E-state index contributed by atoms with van der Waals surface area (Å²) in [7, 11) is -1.39. The molecule has 0 saturated heterocycles. The Balaban J connectivity index is 2.04. The van der Waals surface area contributed by atoms with Gasteiger partial charge in [0.25, 0.3) is 0 Å². The van der Waals surface area contributed by atoms with Crippen molar-refractivity contribution in [3.8, 4) is 0 Å². The monoisotopic (exact) mass is 314 g/mol. The molecule has 0 fully saturated rings. The predicted molar refractivity (Wildman–Crippen MR) is 91.0 cm³/mol. The van der Waals surface area contributed by atoms with Crippen LogP contribution in [0.25, 0.3) is 9.81 Å². The van der Waals surface area contributed by atoms with Gasteiger partial charge in [-0.3, -0.25) is 4.57 Å². The minimum atomic E-state index is -2.88. The lowest BCUT2D eigenvalue weighted by atomic mass is 10.2. The van der Waals surface area contributed by atoms with Crippen molar-refractivity contribution in [2.75, 3.05) is 7.11 Å². The van der Waals surface area contributed by atoms with E-state index in [0.29, 0.717) is 0 Å². The molecule has 2 aromatic rings. The first-order valence-corrected chi connectivity index (χ1v) is 9.18. The van der Waals surface area contributed by atoms with Crippen LogP contribution in [0, 0.1) is 0 Å². The third kappa shape index (κ3) is 3.21. The molecule has 106 valence electrons. The van der Waals surface area contributed by atoms with E-state index in [1.54, 1.807) is 23.4 Å². The van der Waals surface area contributed by atoms with E-state index in [1.807, 2.05) is 60.7 Å². The van der Waals surface area contributed by atoms with Gasteiger partial charge < -0.3 is 4.52 Å². The van der Waals surface area contributed by atoms with Gasteiger partial charge in [0.1, 0.15) is 0 Å². The van der Waals surface area contributed by atoms with E-state index in [9.17, 15) is 4.57 Å². The van der Waals surface area contributed by atoms with Gasteiger partial charge in [-0.25, -0.2) is 0 Å². The molecule has 3 rings (SSSR count). The van der Waals surface area contributed by atoms with Crippen molar-refractivity contribution < 1.29 is 9.09 Å². The van der Waals surface area contributed by atoms with E-state index in [1.165, 1.54) is 7.11 Å². The van der Waals surface area contributed by atoms with Crippen LogP contribution in [0.4, 0.5) is 0 Å². The fourth-order valence-corrected chi connectivity index (χ4v) is 5.40. The van der Waals surface area contributed by atoms with Crippen LogP contribution in [0.1, 0.15) is 11.1 Å². The van der Waals surface area contributed by atoms with Crippen molar-refractivity contribution in [1.82, 2.24) is 0 Å². The molecular formula is C17H15O2PS. The molecule has 0 amide bonds. The van der Waals surface area contributed by atoms with E-state index in [4.69, 9.17) is 4.52 Å². The molecule has 0 radical (unpaired) electrons. The van der Waals surface area contributed by atoms with Gasteiger partial charge in [0.2, 0.25) is 7.37 Å². The molecule has 1 aliphatic rings. The highest BCUT2D eigenvalue weighted by molar-refractivity contribution is 8.17. The summed E-state index contributed by atoms with van der Waals surface area (Å²) in [6.45, 7) is 0. The lowest BCUT2D eigenvalue weighted by Gasteiger charge is -2.20. The van der Waals surface area contributed by atoms with Gasteiger partial charge in [-0.2, -0.15) is 0 Å². The average molecular weight is 314 g/mol. The second kappa shape index (κ2) is 6.07. The first-order chi connectivity index (χ1) is 10.2. The molecule has 0 N–H and O–H groups in total. The van der Waals surface area contributed by atoms with Crippen LogP contribution in [-0.2, 0) is 9.09 Å². The van der Waals surface area contributed by atoms with Crippen LogP contribution in [0.15, 0.2) is 72.3 Å². The summed E-state index contributed by atoms with van der Waals surface area (Å²) in [5, 5.41) is 0. The molecule has 0 unspecified atom stereocenters. The molecule has 1 heterocycles. The highest BCUT2D eigenvalue weighted by atomic mass is 32.2. The average Bonchev–Trinajstić information content (AvgIpc) is 2.56. The molecule has 0 bridgehead atoms. The second-order valence-electron chi connectivity index (χ2n) is 4.65. The molecule has 0 aliphatic carbocycles. The molecule has 0 aromatic heterocycles. The molecular weight excluding hydrogens is 299 g/mol. The summed E-state index contributed by atoms with van der Waals surface area (Å²) in [5.41, 5.74) is 2.11. The van der Waals surface area contributed by atoms with Crippen LogP contribution < -0.4 is 0 Å². The third-order valence-corrected chi connectivity index (χ3v) is 6.52. The highest BCUT2D eigenvalue weighted by Gasteiger charge is 2.25. The maximum Gasteiger partial charge on any atom is 0.249 e. The van der Waals surface area contributed by atoms with Crippen molar-refractivity contribution in [3.05, 3.63) is 83.4 Å². The lowest BCUT2D eigenvalue weighted by molar-refractivity contribution is 0.411. The van der Waals surface area contributed by atoms with Gasteiger partial charge in [0.05, 0.1) is 0 Å². The number of benzene rings is 2. The van der Waals surface area contributed by atoms with Crippen molar-refractivity contribution in [2.45, 2.75) is 0 Å². The Morgan fingerprint density at radius 1 is 0.810 bits per heavy atom. The molecule has 0 atom stereocenters. The smallest absolute Gasteiger partial charge is 0.249 e. The van der Waals surface area contributed by atoms with Crippen LogP contribution in [0.5, 0.6) is 0 Å². The van der Waals surface area contributed by atoms with E-state index in [0.717, 1.165) is 20.9 Å². The van der Waals surface area contributed by atoms with Gasteiger partial charge in [-0.1, -0.05) is 72.4 Å². The number of thioether (sulfide) groups is 1. The van der Waals surface area contributed by atoms with E-state index in [2.05, 4.69) is 0 Å². The van der Waals surface area contributed by atoms with Crippen LogP contribution in [0.3, 0.4) is 0 Å². The first-order valence-electron chi connectivity index (χ1n) is 6.60. The van der Waals surface area contributed by atoms with Crippen LogP contribution >= 0.6 is 19.1 Å². The Morgan fingerprint density at radius 3 is 1.62 bits per heavy atom. The minimum Gasteiger partial charge on any atom is -0.326 e. The van der Waals surface area contributed by atoms with Crippen molar-refractivity contribution in [1.29, 1.82) is 0 Å². The third-order valence-electron chi connectivity index (χ3n) is 3.22. The van der Waals surface area contributed by atoms with Gasteiger partial charge >= 0.3 is 0 Å². The minimum absolute atomic E-state index is 0.974. The zero-order valence-electron chi connectivity index (χ0n) is 11.6. The summed E-state index contributed by atoms with van der Waals surface area (Å²) < 4.78 is 18.1. The fraction of sp³-hybridized carbons (Fsp3) is 0.0588. The Kier molecular flexibility index (Phi) is 4.16. The molecule has 1 aliphatic heterocycles. The standard InChI is InChI=1S/C17H15O2PS/c1-19-20(18)12-16(14-8-4-2-5-9-14)21-17(13-20)15-10-6-3-7-11-15/h2-13H,1H3. The van der Waals surface area contributed by atoms with Crippen LogP contribution in [-0.4, -0.2) is 7.11 Å². The molecule has 2 nitrogen and oxygen atoms in total. The van der Waals surface area contributed by atoms with E-state index >= 15 is 0 Å². The zero-order valence-corrected chi connectivity index (χ0v) is 13.3. The quantitative estimate of drug-likeness (QED) is 0.684. The van der Waals surface area contributed by atoms with Crippen LogP contribution in [0.2, 0.25) is 0 Å². The molecule has 21 heavy (non-hydrogen) atoms.